The Bertz CT molecular complexity index is 834. The van der Waals surface area contributed by atoms with Gasteiger partial charge in [-0.05, 0) is 24.1 Å². The molecule has 0 unspecified atom stereocenters. The molecule has 1 aromatic heterocycles. The average molecular weight is 414 g/mol. The largest absolute Gasteiger partial charge is 0.396 e. The van der Waals surface area contributed by atoms with E-state index in [-0.39, 0.29) is 24.5 Å². The van der Waals surface area contributed by atoms with Crippen LogP contribution in [0.25, 0.3) is 0 Å². The molecule has 8 nitrogen and oxygen atoms in total. The first-order valence-electron chi connectivity index (χ1n) is 10.4. The minimum Gasteiger partial charge on any atom is -0.396 e. The van der Waals surface area contributed by atoms with Gasteiger partial charge in [-0.25, -0.2) is 0 Å². The van der Waals surface area contributed by atoms with Gasteiger partial charge in [0.2, 0.25) is 5.91 Å². The highest BCUT2D eigenvalue weighted by Gasteiger charge is 2.21. The minimum absolute atomic E-state index is 0.0587. The Hall–Kier alpha value is -2.55. The van der Waals surface area contributed by atoms with Crippen LogP contribution in [0.5, 0.6) is 0 Å². The normalized spacial score (nSPS) is 16.9. The fourth-order valence-corrected chi connectivity index (χ4v) is 3.67. The molecule has 162 valence electrons. The molecule has 2 aromatic rings. The molecule has 0 bridgehead atoms. The van der Waals surface area contributed by atoms with E-state index in [2.05, 4.69) is 34.7 Å². The van der Waals surface area contributed by atoms with Crippen LogP contribution in [0.1, 0.15) is 30.7 Å². The summed E-state index contributed by atoms with van der Waals surface area (Å²) in [4.78, 5) is 13.9. The number of aliphatic hydroxyl groups is 1. The molecule has 2 heterocycles. The number of aliphatic hydroxyl groups excluding tert-OH is 1. The molecule has 0 saturated carbocycles. The summed E-state index contributed by atoms with van der Waals surface area (Å²) in [7, 11) is 1.72. The van der Waals surface area contributed by atoms with Crippen LogP contribution in [0.3, 0.4) is 0 Å². The third-order valence-electron chi connectivity index (χ3n) is 5.27. The summed E-state index contributed by atoms with van der Waals surface area (Å²) in [6, 6.07) is 8.08. The van der Waals surface area contributed by atoms with Crippen LogP contribution in [0.2, 0.25) is 0 Å². The lowest BCUT2D eigenvalue weighted by Crippen LogP contribution is -2.48. The van der Waals surface area contributed by atoms with E-state index in [4.69, 9.17) is 9.84 Å². The fraction of sp³-hybridized carbons (Fsp3) is 0.500. The second-order valence-corrected chi connectivity index (χ2v) is 7.49. The quantitative estimate of drug-likeness (QED) is 0.576. The predicted octanol–water partition coefficient (Wildman–Crippen LogP) is 1.72. The number of aromatic nitrogens is 3. The summed E-state index contributed by atoms with van der Waals surface area (Å²) < 4.78 is 7.55. The zero-order valence-corrected chi connectivity index (χ0v) is 17.7. The highest BCUT2D eigenvalue weighted by Crippen LogP contribution is 2.28. The van der Waals surface area contributed by atoms with E-state index in [0.29, 0.717) is 19.5 Å². The molecule has 1 saturated heterocycles. The lowest BCUT2D eigenvalue weighted by molar-refractivity contribution is -0.118. The molecule has 1 fully saturated rings. The lowest BCUT2D eigenvalue weighted by Gasteiger charge is -2.28. The Morgan fingerprint density at radius 3 is 2.83 bits per heavy atom. The highest BCUT2D eigenvalue weighted by molar-refractivity contribution is 5.95. The smallest absolute Gasteiger partial charge is 0.240 e. The first-order chi connectivity index (χ1) is 14.6. The Labute approximate surface area is 177 Å². The van der Waals surface area contributed by atoms with Crippen molar-refractivity contribution in [2.75, 3.05) is 38.3 Å². The van der Waals surface area contributed by atoms with E-state index in [1.165, 1.54) is 0 Å². The van der Waals surface area contributed by atoms with E-state index in [1.54, 1.807) is 11.8 Å². The van der Waals surface area contributed by atoms with Crippen LogP contribution in [-0.4, -0.2) is 59.4 Å². The minimum atomic E-state index is -0.0587. The third kappa shape index (κ3) is 5.75. The molecule has 30 heavy (non-hydrogen) atoms. The van der Waals surface area contributed by atoms with Gasteiger partial charge in [0.15, 0.2) is 0 Å². The first kappa shape index (κ1) is 22.1. The number of hydrogen-bond acceptors (Lipinski definition) is 6. The van der Waals surface area contributed by atoms with Gasteiger partial charge in [0.05, 0.1) is 18.3 Å². The van der Waals surface area contributed by atoms with Crippen LogP contribution in [0.15, 0.2) is 42.6 Å². The van der Waals surface area contributed by atoms with Crippen molar-refractivity contribution in [1.82, 2.24) is 20.3 Å². The number of benzene rings is 1. The Kier molecular flexibility index (Phi) is 8.12. The maximum absolute atomic E-state index is 12.1. The van der Waals surface area contributed by atoms with Gasteiger partial charge in [0.25, 0.3) is 0 Å². The van der Waals surface area contributed by atoms with Crippen LogP contribution in [-0.2, 0) is 22.5 Å². The van der Waals surface area contributed by atoms with Gasteiger partial charge in [-0.15, -0.1) is 5.10 Å². The number of carbonyl (C=O) groups is 1. The Morgan fingerprint density at radius 1 is 1.33 bits per heavy atom. The highest BCUT2D eigenvalue weighted by atomic mass is 16.5. The van der Waals surface area contributed by atoms with E-state index >= 15 is 0 Å². The standard InChI is InChI=1S/C22H31N5O3/c1-17(5-3-4-12-26-16-19(10-14-28)24-25-26)22(30-2)18-6-8-20(9-7-18)27-13-11-23-15-21(27)29/h3,5-9,16-17,22-23,28H,4,10-15H2,1-2H3/b5-3+/t17-,22+/m1/s1. The molecule has 1 aliphatic heterocycles. The monoisotopic (exact) mass is 413 g/mol. The number of nitrogens with one attached hydrogen (secondary N) is 1. The molecular formula is C22H31N5O3. The maximum atomic E-state index is 12.1. The summed E-state index contributed by atoms with van der Waals surface area (Å²) in [5.41, 5.74) is 2.82. The van der Waals surface area contributed by atoms with E-state index in [9.17, 15) is 4.79 Å². The summed E-state index contributed by atoms with van der Waals surface area (Å²) in [6.07, 6.45) is 7.48. The van der Waals surface area contributed by atoms with E-state index < -0.39 is 0 Å². The number of piperazine rings is 1. The molecule has 2 atom stereocenters. The van der Waals surface area contributed by atoms with E-state index in [0.717, 1.165) is 36.5 Å². The van der Waals surface area contributed by atoms with E-state index in [1.807, 2.05) is 35.4 Å². The van der Waals surface area contributed by atoms with Crippen molar-refractivity contribution in [2.45, 2.75) is 32.4 Å². The molecule has 2 N–H and O–H groups in total. The number of nitrogens with zero attached hydrogens (tertiary/aromatic N) is 4. The molecule has 1 aliphatic rings. The molecule has 3 rings (SSSR count). The summed E-state index contributed by atoms with van der Waals surface area (Å²) in [5, 5.41) is 20.1. The van der Waals surface area contributed by atoms with Gasteiger partial charge in [0, 0.05) is 57.6 Å². The molecule has 0 aliphatic carbocycles. The van der Waals surface area contributed by atoms with Crippen molar-refractivity contribution >= 4 is 11.6 Å². The number of amides is 1. The van der Waals surface area contributed by atoms with Gasteiger partial charge < -0.3 is 20.1 Å². The second-order valence-electron chi connectivity index (χ2n) is 7.49. The summed E-state index contributed by atoms with van der Waals surface area (Å²) in [5.74, 6) is 0.298. The summed E-state index contributed by atoms with van der Waals surface area (Å²) in [6.45, 7) is 4.86. The number of rotatable bonds is 10. The number of allylic oxidation sites excluding steroid dienone is 1. The topological polar surface area (TPSA) is 92.5 Å². The van der Waals surface area contributed by atoms with Crippen molar-refractivity contribution in [1.29, 1.82) is 0 Å². The van der Waals surface area contributed by atoms with Crippen LogP contribution < -0.4 is 10.2 Å². The molecule has 0 radical (unpaired) electrons. The van der Waals surface area contributed by atoms with Gasteiger partial charge in [0.1, 0.15) is 0 Å². The Morgan fingerprint density at radius 2 is 2.13 bits per heavy atom. The lowest BCUT2D eigenvalue weighted by atomic mass is 9.96. The Balaban J connectivity index is 1.54. The predicted molar refractivity (Wildman–Crippen MR) is 115 cm³/mol. The van der Waals surface area contributed by atoms with Crippen molar-refractivity contribution < 1.29 is 14.6 Å². The third-order valence-corrected chi connectivity index (χ3v) is 5.27. The SMILES string of the molecule is CO[C@H](c1ccc(N2CCNCC2=O)cc1)[C@H](C)/C=C/CCn1cc(CCO)nn1. The first-order valence-corrected chi connectivity index (χ1v) is 10.4. The number of anilines is 1. The molecule has 1 amide bonds. The second kappa shape index (κ2) is 11.0. The van der Waals surface area contributed by atoms with Crippen molar-refractivity contribution in [3.05, 3.63) is 53.9 Å². The zero-order valence-electron chi connectivity index (χ0n) is 17.7. The fourth-order valence-electron chi connectivity index (χ4n) is 3.67. The summed E-state index contributed by atoms with van der Waals surface area (Å²) >= 11 is 0. The molecule has 8 heteroatoms. The van der Waals surface area contributed by atoms with Crippen LogP contribution in [0, 0.1) is 5.92 Å². The maximum Gasteiger partial charge on any atom is 0.240 e. The van der Waals surface area contributed by atoms with Gasteiger partial charge >= 0.3 is 0 Å². The van der Waals surface area contributed by atoms with Crippen molar-refractivity contribution in [2.24, 2.45) is 5.92 Å². The van der Waals surface area contributed by atoms with Gasteiger partial charge in [-0.3, -0.25) is 9.48 Å². The molecule has 1 aromatic carbocycles. The number of aryl methyl sites for hydroxylation is 1. The van der Waals surface area contributed by atoms with Crippen LogP contribution >= 0.6 is 0 Å². The zero-order chi connectivity index (χ0) is 21.3. The van der Waals surface area contributed by atoms with Crippen LogP contribution in [0.4, 0.5) is 5.69 Å². The molecular weight excluding hydrogens is 382 g/mol. The number of hydrogen-bond donors (Lipinski definition) is 2. The van der Waals surface area contributed by atoms with Gasteiger partial charge in [-0.2, -0.15) is 0 Å². The van der Waals surface area contributed by atoms with Gasteiger partial charge in [-0.1, -0.05) is 36.4 Å². The number of carbonyl (C=O) groups excluding carboxylic acids is 1. The number of methoxy groups -OCH3 is 1. The number of ether oxygens (including phenoxy) is 1. The average Bonchev–Trinajstić information content (AvgIpc) is 3.20. The van der Waals surface area contributed by atoms with Crippen molar-refractivity contribution in [3.63, 3.8) is 0 Å². The van der Waals surface area contributed by atoms with Crippen molar-refractivity contribution in [3.8, 4) is 0 Å². The molecule has 0 spiro atoms.